The molecule has 25 heavy (non-hydrogen) atoms. The van der Waals surface area contributed by atoms with Crippen LogP contribution in [0, 0.1) is 12.7 Å². The summed E-state index contributed by atoms with van der Waals surface area (Å²) in [5, 5.41) is 2.92. The van der Waals surface area contributed by atoms with Crippen LogP contribution in [-0.2, 0) is 0 Å². The molecule has 1 fully saturated rings. The molecule has 2 aromatic rings. The number of rotatable bonds is 4. The van der Waals surface area contributed by atoms with E-state index in [1.54, 1.807) is 35.2 Å². The van der Waals surface area contributed by atoms with E-state index in [0.717, 1.165) is 16.8 Å². The van der Waals surface area contributed by atoms with E-state index in [0.29, 0.717) is 24.5 Å². The second kappa shape index (κ2) is 6.84. The molecule has 3 rings (SSSR count). The number of amides is 2. The molecule has 5 nitrogen and oxygen atoms in total. The van der Waals surface area contributed by atoms with Crippen molar-refractivity contribution < 1.29 is 9.18 Å². The first-order chi connectivity index (χ1) is 12.0. The molecule has 2 amide bonds. The van der Waals surface area contributed by atoms with Gasteiger partial charge in [0.05, 0.1) is 5.70 Å². The molecule has 0 unspecified atom stereocenters. The number of anilines is 2. The first-order valence-corrected chi connectivity index (χ1v) is 8.10. The zero-order valence-electron chi connectivity index (χ0n) is 14.3. The molecule has 2 aromatic carbocycles. The Bertz CT molecular complexity index is 817. The molecule has 0 aromatic heterocycles. The third-order valence-corrected chi connectivity index (χ3v) is 4.35. The van der Waals surface area contributed by atoms with Crippen molar-refractivity contribution in [3.8, 4) is 0 Å². The third-order valence-electron chi connectivity index (χ3n) is 4.35. The number of hydrogen-bond donors (Lipinski definition) is 2. The van der Waals surface area contributed by atoms with Crippen LogP contribution in [0.15, 0.2) is 48.7 Å². The molecule has 1 heterocycles. The number of carbonyl (C=O) groups is 1. The molecule has 0 bridgehead atoms. The van der Waals surface area contributed by atoms with Crippen molar-refractivity contribution in [2.75, 3.05) is 29.9 Å². The van der Waals surface area contributed by atoms with Gasteiger partial charge in [-0.15, -0.1) is 0 Å². The summed E-state index contributed by atoms with van der Waals surface area (Å²) in [5.74, 6) is -0.317. The van der Waals surface area contributed by atoms with E-state index in [1.165, 1.54) is 12.1 Å². The highest BCUT2D eigenvalue weighted by molar-refractivity contribution is 6.06. The van der Waals surface area contributed by atoms with E-state index < -0.39 is 0 Å². The van der Waals surface area contributed by atoms with Gasteiger partial charge in [0.1, 0.15) is 5.82 Å². The molecule has 0 saturated carbocycles. The zero-order chi connectivity index (χ0) is 18.0. The predicted molar refractivity (Wildman–Crippen MR) is 98.9 cm³/mol. The van der Waals surface area contributed by atoms with Gasteiger partial charge in [-0.1, -0.05) is 12.1 Å². The summed E-state index contributed by atoms with van der Waals surface area (Å²) in [5.41, 5.74) is 10.1. The first kappa shape index (κ1) is 16.8. The lowest BCUT2D eigenvalue weighted by atomic mass is 10.0. The van der Waals surface area contributed by atoms with Crippen LogP contribution in [0.1, 0.15) is 11.1 Å². The summed E-state index contributed by atoms with van der Waals surface area (Å²) in [6, 6.07) is 11.6. The summed E-state index contributed by atoms with van der Waals surface area (Å²) in [6.07, 6.45) is 1.72. The fourth-order valence-electron chi connectivity index (χ4n) is 3.08. The molecule has 1 aliphatic rings. The van der Waals surface area contributed by atoms with Gasteiger partial charge in [0, 0.05) is 43.3 Å². The van der Waals surface area contributed by atoms with E-state index in [9.17, 15) is 9.18 Å². The number of benzene rings is 2. The minimum absolute atomic E-state index is 0.122. The summed E-state index contributed by atoms with van der Waals surface area (Å²) in [6.45, 7) is 3.07. The van der Waals surface area contributed by atoms with Gasteiger partial charge in [0.25, 0.3) is 0 Å². The molecule has 6 heteroatoms. The highest BCUT2D eigenvalue weighted by Gasteiger charge is 2.31. The normalized spacial score (nSPS) is 15.0. The Balaban J connectivity index is 1.91. The SMILES string of the molecule is CN/C=C(\N)c1cccc(N2CCN(c3ccc(F)cc3)C2=O)c1C. The quantitative estimate of drug-likeness (QED) is 0.899. The Hall–Kier alpha value is -3.02. The number of nitrogens with zero attached hydrogens (tertiary/aromatic N) is 2. The van der Waals surface area contributed by atoms with Gasteiger partial charge in [-0.05, 0) is 42.8 Å². The predicted octanol–water partition coefficient (Wildman–Crippen LogP) is 3.06. The fourth-order valence-corrected chi connectivity index (χ4v) is 3.08. The monoisotopic (exact) mass is 340 g/mol. The van der Waals surface area contributed by atoms with Crippen LogP contribution in [0.2, 0.25) is 0 Å². The molecule has 1 saturated heterocycles. The van der Waals surface area contributed by atoms with Crippen LogP contribution in [0.3, 0.4) is 0 Å². The summed E-state index contributed by atoms with van der Waals surface area (Å²) in [4.78, 5) is 16.2. The van der Waals surface area contributed by atoms with Gasteiger partial charge in [-0.2, -0.15) is 0 Å². The minimum Gasteiger partial charge on any atom is -0.397 e. The molecule has 3 N–H and O–H groups in total. The van der Waals surface area contributed by atoms with Crippen molar-refractivity contribution in [2.24, 2.45) is 5.73 Å². The zero-order valence-corrected chi connectivity index (χ0v) is 14.3. The highest BCUT2D eigenvalue weighted by atomic mass is 19.1. The molecule has 0 spiro atoms. The number of nitrogens with one attached hydrogen (secondary N) is 1. The highest BCUT2D eigenvalue weighted by Crippen LogP contribution is 2.30. The van der Waals surface area contributed by atoms with Crippen LogP contribution in [0.25, 0.3) is 5.70 Å². The van der Waals surface area contributed by atoms with Crippen LogP contribution < -0.4 is 20.9 Å². The Morgan fingerprint density at radius 3 is 2.52 bits per heavy atom. The van der Waals surface area contributed by atoms with Crippen molar-refractivity contribution in [3.05, 3.63) is 65.6 Å². The Morgan fingerprint density at radius 2 is 1.84 bits per heavy atom. The van der Waals surface area contributed by atoms with E-state index in [4.69, 9.17) is 5.73 Å². The average Bonchev–Trinajstić information content (AvgIpc) is 2.97. The molecular formula is C19H21FN4O. The first-order valence-electron chi connectivity index (χ1n) is 8.10. The van der Waals surface area contributed by atoms with Crippen molar-refractivity contribution in [2.45, 2.75) is 6.92 Å². The van der Waals surface area contributed by atoms with Crippen molar-refractivity contribution >= 4 is 23.1 Å². The van der Waals surface area contributed by atoms with Gasteiger partial charge in [0.2, 0.25) is 0 Å². The van der Waals surface area contributed by atoms with Gasteiger partial charge >= 0.3 is 6.03 Å². The Morgan fingerprint density at radius 1 is 1.16 bits per heavy atom. The van der Waals surface area contributed by atoms with Crippen molar-refractivity contribution in [1.82, 2.24) is 5.32 Å². The van der Waals surface area contributed by atoms with E-state index in [-0.39, 0.29) is 11.8 Å². The summed E-state index contributed by atoms with van der Waals surface area (Å²) in [7, 11) is 1.79. The molecular weight excluding hydrogens is 319 g/mol. The van der Waals surface area contributed by atoms with Crippen molar-refractivity contribution in [3.63, 3.8) is 0 Å². The maximum Gasteiger partial charge on any atom is 0.329 e. The van der Waals surface area contributed by atoms with E-state index in [2.05, 4.69) is 5.32 Å². The lowest BCUT2D eigenvalue weighted by Gasteiger charge is -2.22. The van der Waals surface area contributed by atoms with Crippen molar-refractivity contribution in [1.29, 1.82) is 0 Å². The van der Waals surface area contributed by atoms with E-state index in [1.807, 2.05) is 25.1 Å². The molecule has 0 radical (unpaired) electrons. The van der Waals surface area contributed by atoms with Gasteiger partial charge in [-0.25, -0.2) is 9.18 Å². The lowest BCUT2D eigenvalue weighted by Crippen LogP contribution is -2.32. The van der Waals surface area contributed by atoms with Gasteiger partial charge < -0.3 is 11.1 Å². The second-order valence-corrected chi connectivity index (χ2v) is 5.90. The Labute approximate surface area is 146 Å². The number of carbonyl (C=O) groups excluding carboxylic acids is 1. The number of urea groups is 1. The van der Waals surface area contributed by atoms with Crippen LogP contribution >= 0.6 is 0 Å². The molecule has 130 valence electrons. The molecule has 1 aliphatic heterocycles. The summed E-state index contributed by atoms with van der Waals surface area (Å²) >= 11 is 0. The second-order valence-electron chi connectivity index (χ2n) is 5.90. The average molecular weight is 340 g/mol. The Kier molecular flexibility index (Phi) is 4.61. The lowest BCUT2D eigenvalue weighted by molar-refractivity contribution is 0.256. The summed E-state index contributed by atoms with van der Waals surface area (Å²) < 4.78 is 13.1. The molecule has 0 atom stereocenters. The van der Waals surface area contributed by atoms with E-state index >= 15 is 0 Å². The topological polar surface area (TPSA) is 61.6 Å². The fraction of sp³-hybridized carbons (Fsp3) is 0.211. The molecule has 0 aliphatic carbocycles. The maximum absolute atomic E-state index is 13.1. The smallest absolute Gasteiger partial charge is 0.329 e. The number of nitrogens with two attached hydrogens (primary N) is 1. The maximum atomic E-state index is 13.1. The van der Waals surface area contributed by atoms with Gasteiger partial charge in [-0.3, -0.25) is 9.80 Å². The third kappa shape index (κ3) is 3.15. The van der Waals surface area contributed by atoms with Crippen LogP contribution in [0.5, 0.6) is 0 Å². The standard InChI is InChI=1S/C19H21FN4O/c1-13-16(17(21)12-22-2)4-3-5-18(13)24-11-10-23(19(24)25)15-8-6-14(20)7-9-15/h3-9,12,22H,10-11,21H2,1-2H3/b17-12-. The minimum atomic E-state index is -0.317. The largest absolute Gasteiger partial charge is 0.397 e. The number of halogens is 1. The number of hydrogen-bond acceptors (Lipinski definition) is 3. The van der Waals surface area contributed by atoms with Crippen LogP contribution in [-0.4, -0.2) is 26.2 Å². The van der Waals surface area contributed by atoms with Crippen LogP contribution in [0.4, 0.5) is 20.6 Å². The van der Waals surface area contributed by atoms with Gasteiger partial charge in [0.15, 0.2) is 0 Å².